The first kappa shape index (κ1) is 17.8. The smallest absolute Gasteiger partial charge is 0.139 e. The number of hydrogen-bond donors (Lipinski definition) is 2. The highest BCUT2D eigenvalue weighted by Crippen LogP contribution is 2.30. The fourth-order valence-corrected chi connectivity index (χ4v) is 3.83. The molecule has 4 heterocycles. The highest BCUT2D eigenvalue weighted by atomic mass is 15.3. The van der Waals surface area contributed by atoms with Crippen molar-refractivity contribution in [3.63, 3.8) is 0 Å². The van der Waals surface area contributed by atoms with E-state index >= 15 is 0 Å². The molecule has 1 fully saturated rings. The highest BCUT2D eigenvalue weighted by molar-refractivity contribution is 5.88. The van der Waals surface area contributed by atoms with Gasteiger partial charge in [-0.15, -0.1) is 0 Å². The third-order valence-corrected chi connectivity index (χ3v) is 5.32. The number of pyridine rings is 2. The summed E-state index contributed by atoms with van der Waals surface area (Å²) in [6, 6.07) is 14.4. The van der Waals surface area contributed by atoms with Gasteiger partial charge in [-0.05, 0) is 50.2 Å². The van der Waals surface area contributed by atoms with Crippen molar-refractivity contribution in [1.29, 1.82) is 0 Å². The lowest BCUT2D eigenvalue weighted by Gasteiger charge is -2.22. The predicted molar refractivity (Wildman–Crippen MR) is 115 cm³/mol. The van der Waals surface area contributed by atoms with Gasteiger partial charge in [0.1, 0.15) is 11.4 Å². The number of nitrogens with one attached hydrogen (secondary N) is 2. The van der Waals surface area contributed by atoms with Gasteiger partial charge < -0.3 is 10.2 Å². The van der Waals surface area contributed by atoms with E-state index in [-0.39, 0.29) is 0 Å². The van der Waals surface area contributed by atoms with E-state index in [0.717, 1.165) is 71.8 Å². The number of nitrogens with zero attached hydrogens (tertiary/aromatic N) is 5. The predicted octanol–water partition coefficient (Wildman–Crippen LogP) is 3.19. The van der Waals surface area contributed by atoms with Crippen molar-refractivity contribution >= 4 is 16.6 Å². The summed E-state index contributed by atoms with van der Waals surface area (Å²) >= 11 is 0. The fourth-order valence-electron chi connectivity index (χ4n) is 3.83. The van der Waals surface area contributed by atoms with Crippen LogP contribution in [0.15, 0.2) is 48.7 Å². The van der Waals surface area contributed by atoms with E-state index in [9.17, 15) is 0 Å². The van der Waals surface area contributed by atoms with Crippen molar-refractivity contribution in [2.75, 3.05) is 31.1 Å². The topological polar surface area (TPSA) is 82.6 Å². The Morgan fingerprint density at radius 2 is 1.90 bits per heavy atom. The lowest BCUT2D eigenvalue weighted by atomic mass is 10.0. The van der Waals surface area contributed by atoms with Gasteiger partial charge in [0.15, 0.2) is 0 Å². The minimum absolute atomic E-state index is 0.760. The monoisotopic (exact) mass is 385 g/mol. The average Bonchev–Trinajstić information content (AvgIpc) is 3.08. The Kier molecular flexibility index (Phi) is 4.65. The first-order valence-electron chi connectivity index (χ1n) is 9.98. The fraction of sp³-hybridized carbons (Fsp3) is 0.273. The van der Waals surface area contributed by atoms with Gasteiger partial charge in [-0.3, -0.25) is 9.97 Å². The van der Waals surface area contributed by atoms with Crippen molar-refractivity contribution in [2.24, 2.45) is 0 Å². The zero-order valence-corrected chi connectivity index (χ0v) is 16.4. The summed E-state index contributed by atoms with van der Waals surface area (Å²) in [5, 5.41) is 16.1. The number of benzene rings is 1. The number of aromatic amines is 1. The summed E-state index contributed by atoms with van der Waals surface area (Å²) in [5.74, 6) is 0. The van der Waals surface area contributed by atoms with Crippen LogP contribution in [0.25, 0.3) is 33.5 Å². The molecule has 0 aliphatic carbocycles. The van der Waals surface area contributed by atoms with E-state index < -0.39 is 0 Å². The van der Waals surface area contributed by atoms with Gasteiger partial charge in [-0.2, -0.15) is 15.4 Å². The molecule has 7 nitrogen and oxygen atoms in total. The molecule has 1 saturated heterocycles. The van der Waals surface area contributed by atoms with Crippen LogP contribution in [-0.2, 0) is 0 Å². The molecule has 2 N–H and O–H groups in total. The van der Waals surface area contributed by atoms with Gasteiger partial charge in [0.05, 0.1) is 23.1 Å². The van der Waals surface area contributed by atoms with E-state index in [0.29, 0.717) is 0 Å². The summed E-state index contributed by atoms with van der Waals surface area (Å²) in [6.45, 7) is 6.10. The van der Waals surface area contributed by atoms with Gasteiger partial charge in [0.2, 0.25) is 0 Å². The van der Waals surface area contributed by atoms with Crippen LogP contribution in [-0.4, -0.2) is 51.6 Å². The summed E-state index contributed by atoms with van der Waals surface area (Å²) in [6.07, 6.45) is 3.12. The first-order chi connectivity index (χ1) is 14.3. The molecule has 146 valence electrons. The maximum absolute atomic E-state index is 4.68. The molecule has 0 unspecified atom stereocenters. The molecular weight excluding hydrogens is 362 g/mol. The number of fused-ring (bicyclic) bond motifs is 1. The SMILES string of the molecule is Cc1cccc(-c2n[nH]nc2-c2ccc3ncc(N4CCCNCC4)cc3c2)n1. The molecule has 7 heteroatoms. The molecular formula is C22H23N7. The van der Waals surface area contributed by atoms with Crippen molar-refractivity contribution in [2.45, 2.75) is 13.3 Å². The van der Waals surface area contributed by atoms with E-state index in [1.165, 1.54) is 5.69 Å². The molecule has 0 saturated carbocycles. The summed E-state index contributed by atoms with van der Waals surface area (Å²) in [5.41, 5.74) is 6.47. The number of hydrogen-bond acceptors (Lipinski definition) is 6. The second kappa shape index (κ2) is 7.60. The van der Waals surface area contributed by atoms with Gasteiger partial charge in [-0.25, -0.2) is 0 Å². The summed E-state index contributed by atoms with van der Waals surface area (Å²) in [4.78, 5) is 11.7. The highest BCUT2D eigenvalue weighted by Gasteiger charge is 2.15. The molecule has 0 atom stereocenters. The lowest BCUT2D eigenvalue weighted by molar-refractivity contribution is 0.724. The molecule has 0 bridgehead atoms. The van der Waals surface area contributed by atoms with Gasteiger partial charge >= 0.3 is 0 Å². The number of aromatic nitrogens is 5. The van der Waals surface area contributed by atoms with E-state index in [4.69, 9.17) is 0 Å². The molecule has 1 aliphatic rings. The molecule has 1 aromatic carbocycles. The molecule has 29 heavy (non-hydrogen) atoms. The van der Waals surface area contributed by atoms with Crippen molar-refractivity contribution in [3.8, 4) is 22.6 Å². The summed E-state index contributed by atoms with van der Waals surface area (Å²) < 4.78 is 0. The van der Waals surface area contributed by atoms with Gasteiger partial charge in [-0.1, -0.05) is 12.1 Å². The molecule has 0 amide bonds. The van der Waals surface area contributed by atoms with Crippen LogP contribution in [0.2, 0.25) is 0 Å². The van der Waals surface area contributed by atoms with Crippen LogP contribution in [0.3, 0.4) is 0 Å². The largest absolute Gasteiger partial charge is 0.369 e. The van der Waals surface area contributed by atoms with Gasteiger partial charge in [0, 0.05) is 36.3 Å². The minimum atomic E-state index is 0.760. The minimum Gasteiger partial charge on any atom is -0.369 e. The maximum atomic E-state index is 4.68. The third kappa shape index (κ3) is 3.56. The molecule has 0 spiro atoms. The van der Waals surface area contributed by atoms with Crippen LogP contribution >= 0.6 is 0 Å². The Morgan fingerprint density at radius 3 is 2.83 bits per heavy atom. The number of anilines is 1. The number of aryl methyl sites for hydroxylation is 1. The normalized spacial score (nSPS) is 14.9. The van der Waals surface area contributed by atoms with E-state index in [2.05, 4.69) is 47.7 Å². The van der Waals surface area contributed by atoms with E-state index in [1.807, 2.05) is 43.5 Å². The molecule has 1 aliphatic heterocycles. The standard InChI is InChI=1S/C22H23N7/c1-15-4-2-5-20(25-15)22-21(26-28-27-22)16-6-7-19-17(12-16)13-18(14-24-19)29-10-3-8-23-9-11-29/h2,4-7,12-14,23H,3,8-11H2,1H3,(H,26,27,28). The Hall–Kier alpha value is -3.32. The third-order valence-electron chi connectivity index (χ3n) is 5.32. The maximum Gasteiger partial charge on any atom is 0.139 e. The van der Waals surface area contributed by atoms with Crippen molar-refractivity contribution in [1.82, 2.24) is 30.7 Å². The second-order valence-corrected chi connectivity index (χ2v) is 7.38. The second-order valence-electron chi connectivity index (χ2n) is 7.38. The van der Waals surface area contributed by atoms with Crippen LogP contribution in [0.4, 0.5) is 5.69 Å². The van der Waals surface area contributed by atoms with E-state index in [1.54, 1.807) is 0 Å². The van der Waals surface area contributed by atoms with Crippen LogP contribution in [0.1, 0.15) is 12.1 Å². The first-order valence-corrected chi connectivity index (χ1v) is 9.98. The Bertz CT molecular complexity index is 1140. The average molecular weight is 385 g/mol. The Labute approximate surface area is 169 Å². The van der Waals surface area contributed by atoms with Gasteiger partial charge in [0.25, 0.3) is 0 Å². The van der Waals surface area contributed by atoms with Crippen molar-refractivity contribution in [3.05, 3.63) is 54.4 Å². The molecule has 3 aromatic heterocycles. The zero-order valence-electron chi connectivity index (χ0n) is 16.4. The number of H-pyrrole nitrogens is 1. The Balaban J connectivity index is 1.54. The summed E-state index contributed by atoms with van der Waals surface area (Å²) in [7, 11) is 0. The van der Waals surface area contributed by atoms with Crippen LogP contribution in [0, 0.1) is 6.92 Å². The zero-order chi connectivity index (χ0) is 19.6. The van der Waals surface area contributed by atoms with Crippen LogP contribution in [0.5, 0.6) is 0 Å². The molecule has 0 radical (unpaired) electrons. The number of rotatable bonds is 3. The Morgan fingerprint density at radius 1 is 0.966 bits per heavy atom. The van der Waals surface area contributed by atoms with Crippen molar-refractivity contribution < 1.29 is 0 Å². The van der Waals surface area contributed by atoms with Crippen LogP contribution < -0.4 is 10.2 Å². The molecule has 4 aromatic rings. The lowest BCUT2D eigenvalue weighted by Crippen LogP contribution is -2.27. The quantitative estimate of drug-likeness (QED) is 0.564. The molecule has 5 rings (SSSR count).